The van der Waals surface area contributed by atoms with E-state index in [0.717, 1.165) is 0 Å². The van der Waals surface area contributed by atoms with Gasteiger partial charge < -0.3 is 10.4 Å². The molecule has 1 fully saturated rings. The van der Waals surface area contributed by atoms with Gasteiger partial charge in [0, 0.05) is 10.9 Å². The molecule has 0 bridgehead atoms. The van der Waals surface area contributed by atoms with Crippen LogP contribution in [0.1, 0.15) is 42.2 Å². The summed E-state index contributed by atoms with van der Waals surface area (Å²) in [5, 5.41) is 15.1. The fourth-order valence-electron chi connectivity index (χ4n) is 2.33. The number of aryl methyl sites for hydroxylation is 1. The van der Waals surface area contributed by atoms with Crippen molar-refractivity contribution in [1.29, 1.82) is 0 Å². The smallest absolute Gasteiger partial charge is 0.0654 e. The van der Waals surface area contributed by atoms with Crippen LogP contribution in [0.5, 0.6) is 0 Å². The zero-order chi connectivity index (χ0) is 10.7. The molecular formula is C12H19NOS. The average molecular weight is 225 g/mol. The van der Waals surface area contributed by atoms with Crippen LogP contribution in [-0.2, 0) is 0 Å². The average Bonchev–Trinajstić information content (AvgIpc) is 2.85. The highest BCUT2D eigenvalue weighted by Gasteiger charge is 2.21. The molecule has 2 nitrogen and oxygen atoms in total. The number of hydrogen-bond acceptors (Lipinski definition) is 3. The van der Waals surface area contributed by atoms with Gasteiger partial charge in [0.15, 0.2) is 0 Å². The van der Waals surface area contributed by atoms with Gasteiger partial charge in [0.1, 0.15) is 0 Å². The van der Waals surface area contributed by atoms with E-state index in [-0.39, 0.29) is 12.6 Å². The van der Waals surface area contributed by atoms with Crippen molar-refractivity contribution in [2.45, 2.75) is 44.7 Å². The summed E-state index contributed by atoms with van der Waals surface area (Å²) >= 11 is 1.74. The zero-order valence-corrected chi connectivity index (χ0v) is 10.0. The van der Waals surface area contributed by atoms with E-state index in [1.54, 1.807) is 11.3 Å². The molecule has 1 aliphatic rings. The van der Waals surface area contributed by atoms with Gasteiger partial charge in [-0.2, -0.15) is 0 Å². The lowest BCUT2D eigenvalue weighted by Gasteiger charge is -2.20. The third-order valence-electron chi connectivity index (χ3n) is 3.19. The van der Waals surface area contributed by atoms with E-state index in [9.17, 15) is 5.11 Å². The van der Waals surface area contributed by atoms with Crippen molar-refractivity contribution in [3.05, 3.63) is 21.9 Å². The number of nitrogens with one attached hydrogen (secondary N) is 1. The van der Waals surface area contributed by atoms with Gasteiger partial charge in [-0.1, -0.05) is 12.8 Å². The lowest BCUT2D eigenvalue weighted by Crippen LogP contribution is -2.32. The topological polar surface area (TPSA) is 32.3 Å². The highest BCUT2D eigenvalue weighted by molar-refractivity contribution is 7.10. The molecule has 0 amide bonds. The second-order valence-corrected chi connectivity index (χ2v) is 5.30. The van der Waals surface area contributed by atoms with Crippen LogP contribution in [0.25, 0.3) is 0 Å². The van der Waals surface area contributed by atoms with Gasteiger partial charge in [0.05, 0.1) is 12.6 Å². The van der Waals surface area contributed by atoms with E-state index in [2.05, 4.69) is 23.7 Å². The van der Waals surface area contributed by atoms with Crippen LogP contribution in [-0.4, -0.2) is 17.8 Å². The zero-order valence-electron chi connectivity index (χ0n) is 9.20. The summed E-state index contributed by atoms with van der Waals surface area (Å²) in [5.74, 6) is 0. The summed E-state index contributed by atoms with van der Waals surface area (Å²) < 4.78 is 0. The maximum atomic E-state index is 9.43. The van der Waals surface area contributed by atoms with Gasteiger partial charge in [-0.3, -0.25) is 0 Å². The molecule has 1 atom stereocenters. The Balaban J connectivity index is 2.00. The molecule has 15 heavy (non-hydrogen) atoms. The van der Waals surface area contributed by atoms with Crippen LogP contribution in [0.4, 0.5) is 0 Å². The van der Waals surface area contributed by atoms with E-state index >= 15 is 0 Å². The van der Waals surface area contributed by atoms with E-state index in [1.807, 2.05) is 0 Å². The van der Waals surface area contributed by atoms with Crippen molar-refractivity contribution in [1.82, 2.24) is 5.32 Å². The molecular weight excluding hydrogens is 206 g/mol. The fraction of sp³-hybridized carbons (Fsp3) is 0.667. The van der Waals surface area contributed by atoms with Crippen molar-refractivity contribution in [3.63, 3.8) is 0 Å². The first-order chi connectivity index (χ1) is 7.31. The lowest BCUT2D eigenvalue weighted by atomic mass is 10.1. The Morgan fingerprint density at radius 3 is 2.80 bits per heavy atom. The predicted molar refractivity (Wildman–Crippen MR) is 64.3 cm³/mol. The third-order valence-corrected chi connectivity index (χ3v) is 4.33. The molecule has 84 valence electrons. The number of rotatable bonds is 4. The van der Waals surface area contributed by atoms with Gasteiger partial charge in [-0.25, -0.2) is 0 Å². The van der Waals surface area contributed by atoms with E-state index in [1.165, 1.54) is 36.1 Å². The van der Waals surface area contributed by atoms with Gasteiger partial charge >= 0.3 is 0 Å². The molecule has 0 radical (unpaired) electrons. The predicted octanol–water partition coefficient (Wildman–Crippen LogP) is 2.62. The molecule has 1 heterocycles. The van der Waals surface area contributed by atoms with Crippen LogP contribution in [0.15, 0.2) is 11.4 Å². The summed E-state index contributed by atoms with van der Waals surface area (Å²) in [5.41, 5.74) is 1.30. The van der Waals surface area contributed by atoms with Crippen molar-refractivity contribution >= 4 is 11.3 Å². The number of thiophene rings is 1. The van der Waals surface area contributed by atoms with E-state index in [0.29, 0.717) is 6.04 Å². The van der Waals surface area contributed by atoms with E-state index in [4.69, 9.17) is 0 Å². The van der Waals surface area contributed by atoms with Crippen molar-refractivity contribution < 1.29 is 5.11 Å². The van der Waals surface area contributed by atoms with Crippen molar-refractivity contribution in [3.8, 4) is 0 Å². The van der Waals surface area contributed by atoms with Gasteiger partial charge in [-0.05, 0) is 36.8 Å². The first kappa shape index (κ1) is 11.1. The fourth-order valence-corrected chi connectivity index (χ4v) is 3.31. The Hall–Kier alpha value is -0.380. The number of hydrogen-bond donors (Lipinski definition) is 2. The Kier molecular flexibility index (Phi) is 3.78. The second kappa shape index (κ2) is 5.10. The molecule has 0 aromatic carbocycles. The molecule has 0 saturated heterocycles. The molecule has 1 unspecified atom stereocenters. The largest absolute Gasteiger partial charge is 0.394 e. The van der Waals surface area contributed by atoms with Crippen LogP contribution in [0.2, 0.25) is 0 Å². The van der Waals surface area contributed by atoms with Crippen LogP contribution >= 0.6 is 11.3 Å². The standard InChI is InChI=1S/C12H19NOS/c1-9-6-7-15-12(9)11(8-14)13-10-4-2-3-5-10/h6-7,10-11,13-14H,2-5,8H2,1H3. The molecule has 1 aliphatic carbocycles. The van der Waals surface area contributed by atoms with Gasteiger partial charge in [0.25, 0.3) is 0 Å². The first-order valence-electron chi connectivity index (χ1n) is 5.72. The van der Waals surface area contributed by atoms with Crippen LogP contribution < -0.4 is 5.32 Å². The van der Waals surface area contributed by atoms with E-state index < -0.39 is 0 Å². The summed E-state index contributed by atoms with van der Waals surface area (Å²) in [4.78, 5) is 1.30. The van der Waals surface area contributed by atoms with Gasteiger partial charge in [-0.15, -0.1) is 11.3 Å². The van der Waals surface area contributed by atoms with Crippen LogP contribution in [0, 0.1) is 6.92 Å². The minimum absolute atomic E-state index is 0.146. The lowest BCUT2D eigenvalue weighted by molar-refractivity contribution is 0.234. The normalized spacial score (nSPS) is 19.6. The molecule has 3 heteroatoms. The monoisotopic (exact) mass is 225 g/mol. The first-order valence-corrected chi connectivity index (χ1v) is 6.60. The summed E-state index contributed by atoms with van der Waals surface area (Å²) in [6.07, 6.45) is 5.19. The van der Waals surface area contributed by atoms with Gasteiger partial charge in [0.2, 0.25) is 0 Å². The Bertz CT molecular complexity index is 304. The van der Waals surface area contributed by atoms with Crippen molar-refractivity contribution in [2.75, 3.05) is 6.61 Å². The highest BCUT2D eigenvalue weighted by atomic mass is 32.1. The molecule has 2 N–H and O–H groups in total. The molecule has 1 saturated carbocycles. The second-order valence-electron chi connectivity index (χ2n) is 4.35. The molecule has 0 aliphatic heterocycles. The van der Waals surface area contributed by atoms with Crippen LogP contribution in [0.3, 0.4) is 0 Å². The Morgan fingerprint density at radius 2 is 2.27 bits per heavy atom. The molecule has 0 spiro atoms. The summed E-state index contributed by atoms with van der Waals surface area (Å²) in [6, 6.07) is 2.88. The summed E-state index contributed by atoms with van der Waals surface area (Å²) in [6.45, 7) is 2.32. The molecule has 2 rings (SSSR count). The number of aliphatic hydroxyl groups excluding tert-OH is 1. The SMILES string of the molecule is Cc1ccsc1C(CO)NC1CCCC1. The minimum atomic E-state index is 0.146. The maximum Gasteiger partial charge on any atom is 0.0654 e. The Morgan fingerprint density at radius 1 is 1.53 bits per heavy atom. The maximum absolute atomic E-state index is 9.43. The highest BCUT2D eigenvalue weighted by Crippen LogP contribution is 2.26. The third kappa shape index (κ3) is 2.60. The quantitative estimate of drug-likeness (QED) is 0.825. The molecule has 1 aromatic rings. The number of aliphatic hydroxyl groups is 1. The van der Waals surface area contributed by atoms with Crippen molar-refractivity contribution in [2.24, 2.45) is 0 Å². The minimum Gasteiger partial charge on any atom is -0.394 e. The molecule has 1 aromatic heterocycles. The Labute approximate surface area is 95.3 Å². The summed E-state index contributed by atoms with van der Waals surface area (Å²) in [7, 11) is 0.